The summed E-state index contributed by atoms with van der Waals surface area (Å²) in [6, 6.07) is 7.70. The average Bonchev–Trinajstić information content (AvgIpc) is 2.30. The van der Waals surface area contributed by atoms with Gasteiger partial charge in [-0.2, -0.15) is 0 Å². The molecule has 0 atom stereocenters. The molecule has 0 fully saturated rings. The lowest BCUT2D eigenvalue weighted by Crippen LogP contribution is -2.32. The van der Waals surface area contributed by atoms with E-state index in [9.17, 15) is 8.42 Å². The zero-order valence-electron chi connectivity index (χ0n) is 12.5. The Bertz CT molecular complexity index is 569. The van der Waals surface area contributed by atoms with E-state index in [1.807, 2.05) is 31.2 Å². The van der Waals surface area contributed by atoms with Gasteiger partial charge in [0, 0.05) is 5.69 Å². The first-order chi connectivity index (χ1) is 9.12. The Balaban J connectivity index is 2.57. The molecule has 0 radical (unpaired) electrons. The number of nitrogens with two attached hydrogens (primary N) is 1. The first-order valence-electron chi connectivity index (χ1n) is 6.48. The van der Waals surface area contributed by atoms with Crippen molar-refractivity contribution in [2.24, 2.45) is 10.7 Å². The smallest absolute Gasteiger partial charge is 0.193 e. The number of hydrogen-bond donors (Lipinski definition) is 2. The second-order valence-corrected chi connectivity index (χ2v) is 8.55. The van der Waals surface area contributed by atoms with Gasteiger partial charge in [-0.1, -0.05) is 17.7 Å². The highest BCUT2D eigenvalue weighted by molar-refractivity contribution is 7.92. The van der Waals surface area contributed by atoms with Crippen LogP contribution in [0.5, 0.6) is 0 Å². The number of anilines is 1. The average molecular weight is 297 g/mol. The fraction of sp³-hybridized carbons (Fsp3) is 0.500. The first-order valence-corrected chi connectivity index (χ1v) is 8.13. The highest BCUT2D eigenvalue weighted by Gasteiger charge is 2.28. The molecule has 0 saturated heterocycles. The van der Waals surface area contributed by atoms with Crippen molar-refractivity contribution in [2.75, 3.05) is 17.6 Å². The van der Waals surface area contributed by atoms with Crippen LogP contribution in [0.3, 0.4) is 0 Å². The van der Waals surface area contributed by atoms with Gasteiger partial charge in [0.25, 0.3) is 0 Å². The van der Waals surface area contributed by atoms with Crippen LogP contribution in [0.2, 0.25) is 0 Å². The molecule has 3 N–H and O–H groups in total. The Hall–Kier alpha value is -1.56. The first kappa shape index (κ1) is 16.5. The van der Waals surface area contributed by atoms with E-state index in [0.717, 1.165) is 11.3 Å². The lowest BCUT2D eigenvalue weighted by atomic mass is 10.2. The van der Waals surface area contributed by atoms with E-state index in [1.54, 1.807) is 20.8 Å². The van der Waals surface area contributed by atoms with Gasteiger partial charge in [-0.25, -0.2) is 8.42 Å². The van der Waals surface area contributed by atoms with Gasteiger partial charge in [0.05, 0.1) is 17.0 Å². The van der Waals surface area contributed by atoms with Crippen LogP contribution >= 0.6 is 0 Å². The van der Waals surface area contributed by atoms with Crippen LogP contribution in [0.4, 0.5) is 5.69 Å². The summed E-state index contributed by atoms with van der Waals surface area (Å²) < 4.78 is 23.0. The second-order valence-electron chi connectivity index (χ2n) is 5.69. The quantitative estimate of drug-likeness (QED) is 0.657. The molecule has 0 aliphatic heterocycles. The summed E-state index contributed by atoms with van der Waals surface area (Å²) >= 11 is 0. The van der Waals surface area contributed by atoms with Gasteiger partial charge in [-0.05, 0) is 39.8 Å². The number of aliphatic imine (C=N–C) groups is 1. The lowest BCUT2D eigenvalue weighted by Gasteiger charge is -2.18. The normalized spacial score (nSPS) is 13.3. The Morgan fingerprint density at radius 2 is 1.80 bits per heavy atom. The van der Waals surface area contributed by atoms with Crippen molar-refractivity contribution in [2.45, 2.75) is 32.4 Å². The highest BCUT2D eigenvalue weighted by atomic mass is 32.2. The minimum atomic E-state index is -3.16. The van der Waals surface area contributed by atoms with Crippen molar-refractivity contribution in [3.8, 4) is 0 Å². The molecule has 0 bridgehead atoms. The van der Waals surface area contributed by atoms with Crippen LogP contribution in [0, 0.1) is 6.92 Å². The third kappa shape index (κ3) is 4.85. The Kier molecular flexibility index (Phi) is 5.16. The maximum absolute atomic E-state index is 11.9. The van der Waals surface area contributed by atoms with Crippen molar-refractivity contribution >= 4 is 21.5 Å². The van der Waals surface area contributed by atoms with Crippen molar-refractivity contribution in [3.05, 3.63) is 29.8 Å². The molecule has 20 heavy (non-hydrogen) atoms. The Labute approximate surface area is 121 Å². The van der Waals surface area contributed by atoms with Crippen LogP contribution in [-0.2, 0) is 9.84 Å². The molecule has 0 spiro atoms. The summed E-state index contributed by atoms with van der Waals surface area (Å²) in [7, 11) is -3.16. The van der Waals surface area contributed by atoms with Crippen molar-refractivity contribution in [3.63, 3.8) is 0 Å². The van der Waals surface area contributed by atoms with Gasteiger partial charge in [0.1, 0.15) is 0 Å². The zero-order valence-corrected chi connectivity index (χ0v) is 13.3. The predicted octanol–water partition coefficient (Wildman–Crippen LogP) is 1.93. The summed E-state index contributed by atoms with van der Waals surface area (Å²) in [6.45, 7) is 7.20. The molecule has 1 aromatic carbocycles. The summed E-state index contributed by atoms with van der Waals surface area (Å²) in [5, 5.41) is 2.93. The number of guanidine groups is 1. The fourth-order valence-electron chi connectivity index (χ4n) is 1.42. The van der Waals surface area contributed by atoms with Gasteiger partial charge in [0.2, 0.25) is 0 Å². The van der Waals surface area contributed by atoms with Crippen molar-refractivity contribution < 1.29 is 8.42 Å². The number of nitrogens with one attached hydrogen (secondary N) is 1. The third-order valence-electron chi connectivity index (χ3n) is 2.90. The number of rotatable bonds is 4. The van der Waals surface area contributed by atoms with Gasteiger partial charge < -0.3 is 11.1 Å². The standard InChI is InChI=1S/C14H23N3O2S/c1-11-5-7-12(8-6-11)17-13(15)16-9-10-20(18,19)14(2,3)4/h5-8H,9-10H2,1-4H3,(H3,15,16,17). The number of sulfone groups is 1. The molecule has 6 heteroatoms. The molecule has 1 rings (SSSR count). The number of hydrogen-bond acceptors (Lipinski definition) is 3. The minimum Gasteiger partial charge on any atom is -0.370 e. The van der Waals surface area contributed by atoms with E-state index in [2.05, 4.69) is 10.3 Å². The predicted molar refractivity (Wildman–Crippen MR) is 84.8 cm³/mol. The van der Waals surface area contributed by atoms with E-state index in [4.69, 9.17) is 5.73 Å². The molecule has 112 valence electrons. The molecule has 1 aromatic rings. The van der Waals surface area contributed by atoms with E-state index in [0.29, 0.717) is 0 Å². The van der Waals surface area contributed by atoms with E-state index in [-0.39, 0.29) is 18.3 Å². The fourth-order valence-corrected chi connectivity index (χ4v) is 2.36. The van der Waals surface area contributed by atoms with E-state index in [1.165, 1.54) is 0 Å². The number of aryl methyl sites for hydroxylation is 1. The zero-order chi connectivity index (χ0) is 15.4. The van der Waals surface area contributed by atoms with Gasteiger partial charge in [-0.15, -0.1) is 0 Å². The molecule has 0 aromatic heterocycles. The SMILES string of the molecule is Cc1ccc(NC(N)=NCCS(=O)(=O)C(C)(C)C)cc1. The second kappa shape index (κ2) is 6.26. The molecule has 0 heterocycles. The largest absolute Gasteiger partial charge is 0.370 e. The topological polar surface area (TPSA) is 84.5 Å². The number of nitrogens with zero attached hydrogens (tertiary/aromatic N) is 1. The van der Waals surface area contributed by atoms with Gasteiger partial charge in [-0.3, -0.25) is 4.99 Å². The van der Waals surface area contributed by atoms with Crippen LogP contribution in [0.25, 0.3) is 0 Å². The van der Waals surface area contributed by atoms with Crippen LogP contribution in [0.1, 0.15) is 26.3 Å². The van der Waals surface area contributed by atoms with Crippen molar-refractivity contribution in [1.82, 2.24) is 0 Å². The van der Waals surface area contributed by atoms with E-state index < -0.39 is 14.6 Å². The summed E-state index contributed by atoms with van der Waals surface area (Å²) in [5.74, 6) is 0.213. The summed E-state index contributed by atoms with van der Waals surface area (Å²) in [4.78, 5) is 4.04. The Morgan fingerprint density at radius 1 is 1.25 bits per heavy atom. The van der Waals surface area contributed by atoms with Crippen LogP contribution in [-0.4, -0.2) is 31.4 Å². The maximum atomic E-state index is 11.9. The highest BCUT2D eigenvalue weighted by Crippen LogP contribution is 2.15. The molecular weight excluding hydrogens is 274 g/mol. The molecule has 0 amide bonds. The molecule has 5 nitrogen and oxygen atoms in total. The van der Waals surface area contributed by atoms with Gasteiger partial charge in [0.15, 0.2) is 15.8 Å². The minimum absolute atomic E-state index is 0.00716. The molecule has 0 aliphatic carbocycles. The third-order valence-corrected chi connectivity index (χ3v) is 5.49. The molecular formula is C14H23N3O2S. The molecule has 0 unspecified atom stereocenters. The monoisotopic (exact) mass is 297 g/mol. The van der Waals surface area contributed by atoms with E-state index >= 15 is 0 Å². The van der Waals surface area contributed by atoms with Gasteiger partial charge >= 0.3 is 0 Å². The summed E-state index contributed by atoms with van der Waals surface area (Å²) in [6.07, 6.45) is 0. The van der Waals surface area contributed by atoms with Crippen LogP contribution in [0.15, 0.2) is 29.3 Å². The number of benzene rings is 1. The lowest BCUT2D eigenvalue weighted by molar-refractivity contribution is 0.560. The van der Waals surface area contributed by atoms with Crippen molar-refractivity contribution in [1.29, 1.82) is 0 Å². The molecule has 0 aliphatic rings. The van der Waals surface area contributed by atoms with Crippen LogP contribution < -0.4 is 11.1 Å². The maximum Gasteiger partial charge on any atom is 0.193 e. The Morgan fingerprint density at radius 3 is 2.30 bits per heavy atom. The molecule has 0 saturated carbocycles. The summed E-state index contributed by atoms with van der Waals surface area (Å²) in [5.41, 5.74) is 7.71.